The summed E-state index contributed by atoms with van der Waals surface area (Å²) in [7, 11) is 2.56. The fourth-order valence-corrected chi connectivity index (χ4v) is 1.78. The third kappa shape index (κ3) is 3.50. The zero-order valence-electron chi connectivity index (χ0n) is 12.8. The Bertz CT molecular complexity index is 547. The zero-order chi connectivity index (χ0) is 15.5. The Morgan fingerprint density at radius 1 is 1.05 bits per heavy atom. The number of aromatic amines is 1. The number of carbonyl (C=O) groups is 2. The van der Waals surface area contributed by atoms with Crippen molar-refractivity contribution >= 4 is 18.0 Å². The molecule has 20 heavy (non-hydrogen) atoms. The minimum atomic E-state index is -0.566. The van der Waals surface area contributed by atoms with Gasteiger partial charge in [-0.05, 0) is 18.4 Å². The predicted octanol–water partition coefficient (Wildman–Crippen LogP) is 2.96. The molecule has 0 fully saturated rings. The van der Waals surface area contributed by atoms with Gasteiger partial charge in [0.1, 0.15) is 0 Å². The molecule has 0 amide bonds. The number of aryl methyl sites for hydroxylation is 1. The van der Waals surface area contributed by atoms with E-state index in [1.54, 1.807) is 13.0 Å². The van der Waals surface area contributed by atoms with Crippen molar-refractivity contribution in [2.24, 2.45) is 5.41 Å². The van der Waals surface area contributed by atoms with Gasteiger partial charge in [-0.3, -0.25) is 0 Å². The third-order valence-electron chi connectivity index (χ3n) is 2.75. The largest absolute Gasteiger partial charge is 0.465 e. The number of methoxy groups -OCH3 is 2. The van der Waals surface area contributed by atoms with Crippen molar-refractivity contribution < 1.29 is 19.1 Å². The van der Waals surface area contributed by atoms with Gasteiger partial charge >= 0.3 is 11.9 Å². The van der Waals surface area contributed by atoms with Gasteiger partial charge in [0.15, 0.2) is 0 Å². The minimum Gasteiger partial charge on any atom is -0.465 e. The molecule has 0 atom stereocenters. The van der Waals surface area contributed by atoms with E-state index in [0.29, 0.717) is 11.4 Å². The lowest BCUT2D eigenvalue weighted by Crippen LogP contribution is -2.11. The van der Waals surface area contributed by atoms with E-state index in [-0.39, 0.29) is 16.5 Å². The summed E-state index contributed by atoms with van der Waals surface area (Å²) >= 11 is 0. The normalized spacial score (nSPS) is 11.7. The number of rotatable bonds is 3. The van der Waals surface area contributed by atoms with E-state index in [1.807, 2.05) is 26.8 Å². The summed E-state index contributed by atoms with van der Waals surface area (Å²) in [6.07, 6.45) is 3.73. The molecule has 1 N–H and O–H groups in total. The number of carbonyl (C=O) groups excluding carboxylic acids is 2. The maximum atomic E-state index is 11.9. The molecule has 1 heterocycles. The lowest BCUT2D eigenvalue weighted by atomic mass is 9.95. The van der Waals surface area contributed by atoms with Gasteiger partial charge in [0.2, 0.25) is 0 Å². The average molecular weight is 279 g/mol. The fourth-order valence-electron chi connectivity index (χ4n) is 1.78. The molecule has 1 aromatic heterocycles. The number of hydrogen-bond donors (Lipinski definition) is 1. The van der Waals surface area contributed by atoms with Crippen LogP contribution in [-0.2, 0) is 9.47 Å². The summed E-state index contributed by atoms with van der Waals surface area (Å²) < 4.78 is 9.48. The second-order valence-corrected chi connectivity index (χ2v) is 5.60. The molecule has 1 rings (SSSR count). The monoisotopic (exact) mass is 279 g/mol. The molecule has 0 bridgehead atoms. The Hall–Kier alpha value is -2.04. The standard InChI is InChI=1S/C15H21NO4/c1-9-11(13(17)19-5)12(14(18)20-6)10(16-9)7-8-15(2,3)4/h7-8,16H,1-6H3/b8-7+. The van der Waals surface area contributed by atoms with Crippen molar-refractivity contribution in [3.8, 4) is 0 Å². The molecule has 0 saturated heterocycles. The van der Waals surface area contributed by atoms with E-state index >= 15 is 0 Å². The summed E-state index contributed by atoms with van der Waals surface area (Å²) in [6, 6.07) is 0. The third-order valence-corrected chi connectivity index (χ3v) is 2.75. The number of ether oxygens (including phenoxy) is 2. The van der Waals surface area contributed by atoms with Gasteiger partial charge in [0.05, 0.1) is 31.0 Å². The number of allylic oxidation sites excluding steroid dienone is 1. The molecule has 0 aliphatic carbocycles. The van der Waals surface area contributed by atoms with Crippen molar-refractivity contribution in [2.75, 3.05) is 14.2 Å². The molecule has 0 spiro atoms. The minimum absolute atomic E-state index is 0.0438. The van der Waals surface area contributed by atoms with Crippen LogP contribution in [0.3, 0.4) is 0 Å². The summed E-state index contributed by atoms with van der Waals surface area (Å²) in [6.45, 7) is 7.84. The Labute approximate surface area is 119 Å². The number of aromatic nitrogens is 1. The highest BCUT2D eigenvalue weighted by Gasteiger charge is 2.26. The van der Waals surface area contributed by atoms with Crippen LogP contribution in [0.1, 0.15) is 52.9 Å². The van der Waals surface area contributed by atoms with Gasteiger partial charge in [0.25, 0.3) is 0 Å². The molecule has 0 saturated carbocycles. The molecule has 5 heteroatoms. The Balaban J connectivity index is 3.42. The summed E-state index contributed by atoms with van der Waals surface area (Å²) in [5.74, 6) is -1.13. The zero-order valence-corrected chi connectivity index (χ0v) is 12.8. The van der Waals surface area contributed by atoms with Crippen LogP contribution < -0.4 is 0 Å². The maximum absolute atomic E-state index is 11.9. The SMILES string of the molecule is COC(=O)c1c(C)[nH]c(/C=C/C(C)(C)C)c1C(=O)OC. The highest BCUT2D eigenvalue weighted by atomic mass is 16.5. The molecule has 0 aromatic carbocycles. The fraction of sp³-hybridized carbons (Fsp3) is 0.467. The Morgan fingerprint density at radius 2 is 1.55 bits per heavy atom. The highest BCUT2D eigenvalue weighted by molar-refractivity contribution is 6.06. The molecular weight excluding hydrogens is 258 g/mol. The van der Waals surface area contributed by atoms with Gasteiger partial charge < -0.3 is 14.5 Å². The average Bonchev–Trinajstić information content (AvgIpc) is 2.70. The van der Waals surface area contributed by atoms with E-state index in [1.165, 1.54) is 14.2 Å². The number of esters is 2. The number of hydrogen-bond acceptors (Lipinski definition) is 4. The van der Waals surface area contributed by atoms with Gasteiger partial charge in [-0.2, -0.15) is 0 Å². The molecule has 5 nitrogen and oxygen atoms in total. The van der Waals surface area contributed by atoms with E-state index in [9.17, 15) is 9.59 Å². The molecule has 0 aliphatic heterocycles. The van der Waals surface area contributed by atoms with Crippen LogP contribution in [0, 0.1) is 12.3 Å². The van der Waals surface area contributed by atoms with Gasteiger partial charge in [0, 0.05) is 5.69 Å². The van der Waals surface area contributed by atoms with Crippen molar-refractivity contribution in [1.82, 2.24) is 4.98 Å². The highest BCUT2D eigenvalue weighted by Crippen LogP contribution is 2.24. The Morgan fingerprint density at radius 3 is 2.00 bits per heavy atom. The van der Waals surface area contributed by atoms with Crippen LogP contribution >= 0.6 is 0 Å². The first-order valence-electron chi connectivity index (χ1n) is 6.29. The lowest BCUT2D eigenvalue weighted by molar-refractivity contribution is 0.0556. The number of H-pyrrole nitrogens is 1. The first kappa shape index (κ1) is 16.0. The predicted molar refractivity (Wildman–Crippen MR) is 76.7 cm³/mol. The molecular formula is C15H21NO4. The second kappa shape index (κ2) is 5.94. The molecule has 0 unspecified atom stereocenters. The van der Waals surface area contributed by atoms with Crippen LogP contribution in [0.15, 0.2) is 6.08 Å². The van der Waals surface area contributed by atoms with Crippen LogP contribution in [0.4, 0.5) is 0 Å². The van der Waals surface area contributed by atoms with Crippen LogP contribution in [0.5, 0.6) is 0 Å². The summed E-state index contributed by atoms with van der Waals surface area (Å²) in [5, 5.41) is 0. The van der Waals surface area contributed by atoms with Gasteiger partial charge in [-0.25, -0.2) is 9.59 Å². The smallest absolute Gasteiger partial charge is 0.340 e. The Kier molecular flexibility index (Phi) is 4.76. The van der Waals surface area contributed by atoms with Crippen LogP contribution in [0.2, 0.25) is 0 Å². The first-order valence-corrected chi connectivity index (χ1v) is 6.29. The topological polar surface area (TPSA) is 68.4 Å². The van der Waals surface area contributed by atoms with Crippen molar-refractivity contribution in [2.45, 2.75) is 27.7 Å². The van der Waals surface area contributed by atoms with Crippen molar-refractivity contribution in [1.29, 1.82) is 0 Å². The molecule has 0 radical (unpaired) electrons. The number of nitrogens with one attached hydrogen (secondary N) is 1. The van der Waals surface area contributed by atoms with E-state index in [2.05, 4.69) is 4.98 Å². The lowest BCUT2D eigenvalue weighted by Gasteiger charge is -2.11. The van der Waals surface area contributed by atoms with E-state index in [0.717, 1.165) is 0 Å². The van der Waals surface area contributed by atoms with Crippen molar-refractivity contribution in [3.63, 3.8) is 0 Å². The van der Waals surface area contributed by atoms with Crippen molar-refractivity contribution in [3.05, 3.63) is 28.6 Å². The van der Waals surface area contributed by atoms with Crippen LogP contribution in [-0.4, -0.2) is 31.1 Å². The van der Waals surface area contributed by atoms with Gasteiger partial charge in [-0.1, -0.05) is 26.8 Å². The molecule has 1 aromatic rings. The maximum Gasteiger partial charge on any atom is 0.340 e. The van der Waals surface area contributed by atoms with E-state index in [4.69, 9.17) is 9.47 Å². The van der Waals surface area contributed by atoms with E-state index < -0.39 is 11.9 Å². The molecule has 0 aliphatic rings. The van der Waals surface area contributed by atoms with Gasteiger partial charge in [-0.15, -0.1) is 0 Å². The van der Waals surface area contributed by atoms with Crippen LogP contribution in [0.25, 0.3) is 6.08 Å². The first-order chi connectivity index (χ1) is 9.21. The second-order valence-electron chi connectivity index (χ2n) is 5.60. The quantitative estimate of drug-likeness (QED) is 0.864. The summed E-state index contributed by atoms with van der Waals surface area (Å²) in [5.41, 5.74) is 1.50. The molecule has 110 valence electrons. The summed E-state index contributed by atoms with van der Waals surface area (Å²) in [4.78, 5) is 26.8.